The first-order valence-electron chi connectivity index (χ1n) is 5.08. The van der Waals surface area contributed by atoms with Crippen LogP contribution in [0.1, 0.15) is 10.4 Å². The molecule has 7 heteroatoms. The van der Waals surface area contributed by atoms with Crippen molar-refractivity contribution in [1.82, 2.24) is 5.32 Å². The third-order valence-corrected chi connectivity index (χ3v) is 4.76. The van der Waals surface area contributed by atoms with Crippen molar-refractivity contribution in [2.24, 2.45) is 0 Å². The van der Waals surface area contributed by atoms with Gasteiger partial charge in [-0.1, -0.05) is 0 Å². The van der Waals surface area contributed by atoms with Crippen LogP contribution in [0.5, 0.6) is 5.75 Å². The highest BCUT2D eigenvalue weighted by Crippen LogP contribution is 2.20. The summed E-state index contributed by atoms with van der Waals surface area (Å²) < 4.78 is 23.0. The lowest BCUT2D eigenvalue weighted by atomic mass is 10.2. The number of hydrogen-bond donors (Lipinski definition) is 2. The number of benzene rings is 1. The molecule has 1 aromatic rings. The quantitative estimate of drug-likeness (QED) is 0.753. The molecule has 1 heterocycles. The summed E-state index contributed by atoms with van der Waals surface area (Å²) >= 11 is 1.95. The van der Waals surface area contributed by atoms with Crippen molar-refractivity contribution in [2.75, 3.05) is 5.75 Å². The van der Waals surface area contributed by atoms with Gasteiger partial charge in [-0.05, 0) is 46.9 Å². The summed E-state index contributed by atoms with van der Waals surface area (Å²) in [6.45, 7) is 0. The van der Waals surface area contributed by atoms with Crippen LogP contribution in [0.3, 0.4) is 0 Å². The smallest absolute Gasteiger partial charge is 0.251 e. The number of phenolic OH excluding ortho intramolecular Hbond substituents is 1. The van der Waals surface area contributed by atoms with Crippen LogP contribution >= 0.6 is 22.6 Å². The number of halogens is 1. The SMILES string of the molecule is O=C(NC1C=CS(=O)(=O)C1)c1ccc(I)c(O)c1. The molecule has 2 rings (SSSR count). The van der Waals surface area contributed by atoms with Crippen molar-refractivity contribution in [2.45, 2.75) is 6.04 Å². The molecule has 0 aliphatic carbocycles. The van der Waals surface area contributed by atoms with Crippen LogP contribution in [0.2, 0.25) is 0 Å². The standard InChI is InChI=1S/C11H10INO4S/c12-9-2-1-7(5-10(9)14)11(15)13-8-3-4-18(16,17)6-8/h1-5,8,14H,6H2,(H,13,15). The summed E-state index contributed by atoms with van der Waals surface area (Å²) in [5, 5.41) is 13.2. The van der Waals surface area contributed by atoms with Crippen molar-refractivity contribution in [3.63, 3.8) is 0 Å². The Morgan fingerprint density at radius 1 is 1.44 bits per heavy atom. The summed E-state index contributed by atoms with van der Waals surface area (Å²) in [6.07, 6.45) is 1.44. The van der Waals surface area contributed by atoms with Crippen LogP contribution in [0.15, 0.2) is 29.7 Å². The molecule has 5 nitrogen and oxygen atoms in total. The van der Waals surface area contributed by atoms with E-state index in [9.17, 15) is 18.3 Å². The molecular formula is C11H10INO4S. The highest BCUT2D eigenvalue weighted by atomic mass is 127. The van der Waals surface area contributed by atoms with Crippen LogP contribution in [0.4, 0.5) is 0 Å². The average molecular weight is 379 g/mol. The van der Waals surface area contributed by atoms with Gasteiger partial charge in [-0.15, -0.1) is 0 Å². The summed E-state index contributed by atoms with van der Waals surface area (Å²) in [5.74, 6) is -0.499. The van der Waals surface area contributed by atoms with Gasteiger partial charge in [0.2, 0.25) is 0 Å². The van der Waals surface area contributed by atoms with Crippen molar-refractivity contribution >= 4 is 38.3 Å². The third kappa shape index (κ3) is 3.02. The van der Waals surface area contributed by atoms with E-state index >= 15 is 0 Å². The normalized spacial score (nSPS) is 20.8. The fraction of sp³-hybridized carbons (Fsp3) is 0.182. The van der Waals surface area contributed by atoms with Gasteiger partial charge >= 0.3 is 0 Å². The topological polar surface area (TPSA) is 83.5 Å². The number of rotatable bonds is 2. The minimum absolute atomic E-state index is 0.0258. The molecule has 1 unspecified atom stereocenters. The number of hydrogen-bond acceptors (Lipinski definition) is 4. The molecule has 96 valence electrons. The molecular weight excluding hydrogens is 369 g/mol. The van der Waals surface area contributed by atoms with Gasteiger partial charge in [0, 0.05) is 11.0 Å². The van der Waals surface area contributed by atoms with E-state index in [0.29, 0.717) is 9.13 Å². The largest absolute Gasteiger partial charge is 0.507 e. The molecule has 1 aliphatic heterocycles. The van der Waals surface area contributed by atoms with E-state index in [4.69, 9.17) is 0 Å². The van der Waals surface area contributed by atoms with Crippen LogP contribution in [-0.2, 0) is 9.84 Å². The average Bonchev–Trinajstić information content (AvgIpc) is 2.62. The first-order valence-corrected chi connectivity index (χ1v) is 7.87. The third-order valence-electron chi connectivity index (χ3n) is 2.45. The fourth-order valence-electron chi connectivity index (χ4n) is 1.57. The van der Waals surface area contributed by atoms with E-state index in [0.717, 1.165) is 5.41 Å². The molecule has 0 saturated heterocycles. The number of phenols is 1. The summed E-state index contributed by atoms with van der Waals surface area (Å²) in [4.78, 5) is 11.8. The lowest BCUT2D eigenvalue weighted by Gasteiger charge is -2.10. The van der Waals surface area contributed by atoms with Gasteiger partial charge in [0.1, 0.15) is 5.75 Å². The Morgan fingerprint density at radius 3 is 2.72 bits per heavy atom. The van der Waals surface area contributed by atoms with Gasteiger partial charge in [0.15, 0.2) is 9.84 Å². The van der Waals surface area contributed by atoms with Gasteiger partial charge in [-0.2, -0.15) is 0 Å². The zero-order valence-corrected chi connectivity index (χ0v) is 12.1. The number of amides is 1. The molecule has 0 saturated carbocycles. The van der Waals surface area contributed by atoms with Gasteiger partial charge in [0.25, 0.3) is 5.91 Å². The van der Waals surface area contributed by atoms with Crippen LogP contribution in [-0.4, -0.2) is 31.2 Å². The number of sulfone groups is 1. The predicted octanol–water partition coefficient (Wildman–Crippen LogP) is 1.04. The van der Waals surface area contributed by atoms with E-state index in [1.807, 2.05) is 22.6 Å². The maximum Gasteiger partial charge on any atom is 0.251 e. The summed E-state index contributed by atoms with van der Waals surface area (Å²) in [7, 11) is -3.18. The Bertz CT molecular complexity index is 624. The monoisotopic (exact) mass is 379 g/mol. The molecule has 0 radical (unpaired) electrons. The summed E-state index contributed by atoms with van der Waals surface area (Å²) in [5.41, 5.74) is 0.297. The zero-order chi connectivity index (χ0) is 13.3. The minimum atomic E-state index is -3.18. The lowest BCUT2D eigenvalue weighted by molar-refractivity contribution is 0.0947. The summed E-state index contributed by atoms with van der Waals surface area (Å²) in [6, 6.07) is 4.03. The van der Waals surface area contributed by atoms with E-state index < -0.39 is 21.8 Å². The number of nitrogens with one attached hydrogen (secondary N) is 1. The first-order chi connectivity index (χ1) is 8.37. The molecule has 2 N–H and O–H groups in total. The fourth-order valence-corrected chi connectivity index (χ4v) is 3.14. The highest BCUT2D eigenvalue weighted by Gasteiger charge is 2.23. The van der Waals surface area contributed by atoms with Crippen molar-refractivity contribution in [1.29, 1.82) is 0 Å². The van der Waals surface area contributed by atoms with Crippen molar-refractivity contribution in [3.8, 4) is 5.75 Å². The molecule has 0 fully saturated rings. The maximum absolute atomic E-state index is 11.8. The second-order valence-electron chi connectivity index (χ2n) is 3.90. The lowest BCUT2D eigenvalue weighted by Crippen LogP contribution is -2.35. The van der Waals surface area contributed by atoms with Crippen molar-refractivity contribution < 1.29 is 18.3 Å². The Morgan fingerprint density at radius 2 is 2.17 bits per heavy atom. The molecule has 0 bridgehead atoms. The molecule has 1 aliphatic rings. The molecule has 1 atom stereocenters. The zero-order valence-electron chi connectivity index (χ0n) is 9.13. The van der Waals surface area contributed by atoms with Gasteiger partial charge < -0.3 is 10.4 Å². The van der Waals surface area contributed by atoms with E-state index in [1.165, 1.54) is 12.1 Å². The Kier molecular flexibility index (Phi) is 3.62. The second-order valence-corrected chi connectivity index (χ2v) is 7.00. The number of carbonyl (C=O) groups is 1. The van der Waals surface area contributed by atoms with Gasteiger partial charge in [0.05, 0.1) is 15.4 Å². The van der Waals surface area contributed by atoms with E-state index in [2.05, 4.69) is 5.32 Å². The maximum atomic E-state index is 11.8. The molecule has 18 heavy (non-hydrogen) atoms. The Labute approximate surface area is 118 Å². The second kappa shape index (κ2) is 4.88. The van der Waals surface area contributed by atoms with E-state index in [-0.39, 0.29) is 11.5 Å². The number of carbonyl (C=O) groups excluding carboxylic acids is 1. The van der Waals surface area contributed by atoms with Crippen molar-refractivity contribution in [3.05, 3.63) is 38.8 Å². The predicted molar refractivity (Wildman–Crippen MR) is 75.0 cm³/mol. The van der Waals surface area contributed by atoms with E-state index in [1.54, 1.807) is 12.1 Å². The molecule has 1 aromatic carbocycles. The van der Waals surface area contributed by atoms with Crippen LogP contribution < -0.4 is 5.32 Å². The Balaban J connectivity index is 2.09. The Hall–Kier alpha value is -1.09. The first kappa shape index (κ1) is 13.3. The molecule has 0 aromatic heterocycles. The van der Waals surface area contributed by atoms with Crippen LogP contribution in [0, 0.1) is 3.57 Å². The van der Waals surface area contributed by atoms with Gasteiger partial charge in [-0.25, -0.2) is 8.42 Å². The number of aromatic hydroxyl groups is 1. The highest BCUT2D eigenvalue weighted by molar-refractivity contribution is 14.1. The van der Waals surface area contributed by atoms with Crippen LogP contribution in [0.25, 0.3) is 0 Å². The molecule has 0 spiro atoms. The van der Waals surface area contributed by atoms with Gasteiger partial charge in [-0.3, -0.25) is 4.79 Å². The molecule has 1 amide bonds. The minimum Gasteiger partial charge on any atom is -0.507 e.